The molecule has 1 aliphatic rings. The van der Waals surface area contributed by atoms with Crippen LogP contribution in [0.2, 0.25) is 0 Å². The fraction of sp³-hybridized carbons (Fsp3) is 0.478. The van der Waals surface area contributed by atoms with Crippen molar-refractivity contribution in [2.24, 2.45) is 5.92 Å². The third-order valence-electron chi connectivity index (χ3n) is 5.56. The minimum absolute atomic E-state index is 0.104. The molecule has 28 heavy (non-hydrogen) atoms. The summed E-state index contributed by atoms with van der Waals surface area (Å²) in [6.45, 7) is 8.80. The van der Waals surface area contributed by atoms with Crippen molar-refractivity contribution in [2.45, 2.75) is 64.5 Å². The van der Waals surface area contributed by atoms with Crippen LogP contribution in [0.4, 0.5) is 0 Å². The van der Waals surface area contributed by atoms with E-state index in [1.165, 1.54) is 22.4 Å². The molecular formula is C23H28N2OS2. The zero-order valence-corrected chi connectivity index (χ0v) is 18.8. The summed E-state index contributed by atoms with van der Waals surface area (Å²) in [4.78, 5) is 21.0. The smallest absolute Gasteiger partial charge is 0.267 e. The van der Waals surface area contributed by atoms with Gasteiger partial charge in [0.15, 0.2) is 5.16 Å². The third kappa shape index (κ3) is 3.67. The highest BCUT2D eigenvalue weighted by Crippen LogP contribution is 2.41. The maximum absolute atomic E-state index is 13.7. The Bertz CT molecular complexity index is 1050. The number of nitrogens with zero attached hydrogens (tertiary/aromatic N) is 2. The standard InChI is InChI=1S/C23H28N2OS2/c1-14(2)12-13-27-23-24-21-20(19-16(4)6-5-7-18(19)28-21)22(26)25(23)17-10-8-15(3)9-11-17/h8-11,14,16H,5-7,12-13H2,1-4H3. The lowest BCUT2D eigenvalue weighted by atomic mass is 9.88. The molecule has 1 aromatic carbocycles. The van der Waals surface area contributed by atoms with Gasteiger partial charge in [-0.15, -0.1) is 11.3 Å². The second-order valence-electron chi connectivity index (χ2n) is 8.31. The summed E-state index contributed by atoms with van der Waals surface area (Å²) >= 11 is 3.45. The number of hydrogen-bond acceptors (Lipinski definition) is 4. The predicted octanol–water partition coefficient (Wildman–Crippen LogP) is 6.33. The topological polar surface area (TPSA) is 34.9 Å². The summed E-state index contributed by atoms with van der Waals surface area (Å²) < 4.78 is 1.85. The number of fused-ring (bicyclic) bond motifs is 3. The first-order valence-electron chi connectivity index (χ1n) is 10.2. The Morgan fingerprint density at radius 1 is 1.29 bits per heavy atom. The van der Waals surface area contributed by atoms with Crippen LogP contribution < -0.4 is 5.56 Å². The molecule has 0 amide bonds. The summed E-state index contributed by atoms with van der Waals surface area (Å²) in [5.74, 6) is 2.06. The first-order chi connectivity index (χ1) is 13.5. The molecule has 0 fully saturated rings. The Morgan fingerprint density at radius 3 is 2.75 bits per heavy atom. The summed E-state index contributed by atoms with van der Waals surface area (Å²) in [6, 6.07) is 8.22. The van der Waals surface area contributed by atoms with E-state index in [9.17, 15) is 4.79 Å². The zero-order chi connectivity index (χ0) is 19.8. The van der Waals surface area contributed by atoms with Crippen LogP contribution in [0.1, 0.15) is 62.0 Å². The average molecular weight is 413 g/mol. The van der Waals surface area contributed by atoms with Gasteiger partial charge < -0.3 is 0 Å². The number of aryl methyl sites for hydroxylation is 2. The van der Waals surface area contributed by atoms with Gasteiger partial charge in [0, 0.05) is 10.6 Å². The summed E-state index contributed by atoms with van der Waals surface area (Å²) in [7, 11) is 0. The maximum Gasteiger partial charge on any atom is 0.267 e. The molecule has 3 aromatic rings. The Kier molecular flexibility index (Phi) is 5.66. The fourth-order valence-electron chi connectivity index (χ4n) is 3.92. The molecule has 148 valence electrons. The minimum atomic E-state index is 0.104. The van der Waals surface area contributed by atoms with Crippen molar-refractivity contribution < 1.29 is 0 Å². The van der Waals surface area contributed by atoms with Gasteiger partial charge in [0.2, 0.25) is 0 Å². The van der Waals surface area contributed by atoms with Crippen molar-refractivity contribution in [1.29, 1.82) is 0 Å². The van der Waals surface area contributed by atoms with Crippen molar-refractivity contribution in [3.63, 3.8) is 0 Å². The molecule has 1 unspecified atom stereocenters. The van der Waals surface area contributed by atoms with Crippen molar-refractivity contribution in [3.05, 3.63) is 50.6 Å². The second kappa shape index (κ2) is 8.03. The largest absolute Gasteiger partial charge is 0.268 e. The van der Waals surface area contributed by atoms with Crippen LogP contribution in [0.5, 0.6) is 0 Å². The van der Waals surface area contributed by atoms with Crippen LogP contribution in [0.3, 0.4) is 0 Å². The fourth-order valence-corrected chi connectivity index (χ4v) is 6.55. The number of aromatic nitrogens is 2. The number of rotatable bonds is 5. The Labute approximate surface area is 175 Å². The van der Waals surface area contributed by atoms with Gasteiger partial charge in [-0.05, 0) is 62.1 Å². The Hall–Kier alpha value is -1.59. The molecule has 4 rings (SSSR count). The number of thiophene rings is 1. The van der Waals surface area contributed by atoms with Crippen molar-refractivity contribution in [1.82, 2.24) is 9.55 Å². The van der Waals surface area contributed by atoms with E-state index in [0.717, 1.165) is 46.1 Å². The van der Waals surface area contributed by atoms with Gasteiger partial charge in [-0.25, -0.2) is 4.98 Å². The highest BCUT2D eigenvalue weighted by Gasteiger charge is 2.26. The molecule has 0 aliphatic heterocycles. The first-order valence-corrected chi connectivity index (χ1v) is 12.0. The van der Waals surface area contributed by atoms with Gasteiger partial charge in [-0.1, -0.05) is 50.2 Å². The Balaban J connectivity index is 1.91. The molecule has 0 saturated carbocycles. The lowest BCUT2D eigenvalue weighted by molar-refractivity contribution is 0.601. The van der Waals surface area contributed by atoms with Crippen LogP contribution in [-0.2, 0) is 6.42 Å². The highest BCUT2D eigenvalue weighted by atomic mass is 32.2. The minimum Gasteiger partial charge on any atom is -0.268 e. The molecule has 1 atom stereocenters. The van der Waals surface area contributed by atoms with Crippen LogP contribution in [0, 0.1) is 12.8 Å². The maximum atomic E-state index is 13.7. The molecule has 0 radical (unpaired) electrons. The molecule has 0 saturated heterocycles. The monoisotopic (exact) mass is 412 g/mol. The van der Waals surface area contributed by atoms with Crippen LogP contribution >= 0.6 is 23.1 Å². The molecule has 3 nitrogen and oxygen atoms in total. The van der Waals surface area contributed by atoms with E-state index in [-0.39, 0.29) is 5.56 Å². The summed E-state index contributed by atoms with van der Waals surface area (Å²) in [6.07, 6.45) is 4.57. The van der Waals surface area contributed by atoms with E-state index >= 15 is 0 Å². The van der Waals surface area contributed by atoms with Crippen molar-refractivity contribution in [3.8, 4) is 5.69 Å². The van der Waals surface area contributed by atoms with E-state index in [4.69, 9.17) is 4.98 Å². The molecule has 1 aliphatic carbocycles. The molecule has 2 heterocycles. The number of benzene rings is 1. The normalized spacial score (nSPS) is 16.7. The molecule has 5 heteroatoms. The van der Waals surface area contributed by atoms with Crippen LogP contribution in [0.25, 0.3) is 15.9 Å². The quantitative estimate of drug-likeness (QED) is 0.362. The van der Waals surface area contributed by atoms with E-state index in [2.05, 4.69) is 39.8 Å². The second-order valence-corrected chi connectivity index (χ2v) is 10.5. The van der Waals surface area contributed by atoms with Gasteiger partial charge in [-0.2, -0.15) is 0 Å². The lowest BCUT2D eigenvalue weighted by Crippen LogP contribution is -2.22. The highest BCUT2D eigenvalue weighted by molar-refractivity contribution is 7.99. The van der Waals surface area contributed by atoms with Gasteiger partial charge in [0.05, 0.1) is 11.1 Å². The third-order valence-corrected chi connectivity index (χ3v) is 7.69. The first kappa shape index (κ1) is 19.7. The van der Waals surface area contributed by atoms with E-state index < -0.39 is 0 Å². The van der Waals surface area contributed by atoms with E-state index in [0.29, 0.717) is 11.8 Å². The van der Waals surface area contributed by atoms with E-state index in [1.54, 1.807) is 23.1 Å². The van der Waals surface area contributed by atoms with Gasteiger partial charge in [0.25, 0.3) is 5.56 Å². The average Bonchev–Trinajstić information content (AvgIpc) is 3.03. The Morgan fingerprint density at radius 2 is 2.04 bits per heavy atom. The van der Waals surface area contributed by atoms with Crippen molar-refractivity contribution >= 4 is 33.3 Å². The molecule has 2 aromatic heterocycles. The SMILES string of the molecule is Cc1ccc(-n2c(SCCC(C)C)nc3sc4c(c3c2=O)C(C)CCC4)cc1. The number of hydrogen-bond donors (Lipinski definition) is 0. The molecule has 0 N–H and O–H groups in total. The van der Waals surface area contributed by atoms with E-state index in [1.807, 2.05) is 16.7 Å². The summed E-state index contributed by atoms with van der Waals surface area (Å²) in [5.41, 5.74) is 3.48. The van der Waals surface area contributed by atoms with Crippen LogP contribution in [-0.4, -0.2) is 15.3 Å². The predicted molar refractivity (Wildman–Crippen MR) is 121 cm³/mol. The van der Waals surface area contributed by atoms with Crippen molar-refractivity contribution in [2.75, 3.05) is 5.75 Å². The summed E-state index contributed by atoms with van der Waals surface area (Å²) in [5, 5.41) is 1.69. The molecular weight excluding hydrogens is 384 g/mol. The number of thioether (sulfide) groups is 1. The van der Waals surface area contributed by atoms with Gasteiger partial charge in [0.1, 0.15) is 4.83 Å². The lowest BCUT2D eigenvalue weighted by Gasteiger charge is -2.19. The zero-order valence-electron chi connectivity index (χ0n) is 17.1. The van der Waals surface area contributed by atoms with Crippen LogP contribution in [0.15, 0.2) is 34.2 Å². The van der Waals surface area contributed by atoms with Gasteiger partial charge >= 0.3 is 0 Å². The molecule has 0 spiro atoms. The molecule has 0 bridgehead atoms. The van der Waals surface area contributed by atoms with Gasteiger partial charge in [-0.3, -0.25) is 9.36 Å².